The Kier molecular flexibility index (Phi) is 4.80. The summed E-state index contributed by atoms with van der Waals surface area (Å²) in [7, 11) is 1.54. The van der Waals surface area contributed by atoms with Crippen molar-refractivity contribution >= 4 is 46.3 Å². The van der Waals surface area contributed by atoms with E-state index >= 15 is 0 Å². The van der Waals surface area contributed by atoms with Gasteiger partial charge in [-0.3, -0.25) is 4.79 Å². The van der Waals surface area contributed by atoms with Crippen molar-refractivity contribution in [3.8, 4) is 5.75 Å². The van der Waals surface area contributed by atoms with Crippen molar-refractivity contribution in [2.75, 3.05) is 7.11 Å². The fourth-order valence-electron chi connectivity index (χ4n) is 1.14. The monoisotopic (exact) mass is 293 g/mol. The largest absolute Gasteiger partial charge is 0.497 e. The number of hydrogen-bond acceptors (Lipinski definition) is 3. The minimum Gasteiger partial charge on any atom is -0.497 e. The Morgan fingerprint density at radius 3 is 2.24 bits per heavy atom. The molecule has 0 aromatic heterocycles. The SMILES string of the molecule is COc1ccc(C(=O)CC(=N)C(Cl)(Cl)Cl)cc1. The third-order valence-corrected chi connectivity index (χ3v) is 2.78. The van der Waals surface area contributed by atoms with Crippen LogP contribution in [0.2, 0.25) is 0 Å². The van der Waals surface area contributed by atoms with Gasteiger partial charge >= 0.3 is 0 Å². The predicted molar refractivity (Wildman–Crippen MR) is 70.0 cm³/mol. The molecule has 17 heavy (non-hydrogen) atoms. The van der Waals surface area contributed by atoms with E-state index in [-0.39, 0.29) is 17.9 Å². The van der Waals surface area contributed by atoms with Crippen LogP contribution in [0.4, 0.5) is 0 Å². The molecule has 0 amide bonds. The van der Waals surface area contributed by atoms with E-state index in [0.29, 0.717) is 11.3 Å². The molecule has 0 aliphatic carbocycles. The number of hydrogen-bond donors (Lipinski definition) is 1. The summed E-state index contributed by atoms with van der Waals surface area (Å²) in [6.45, 7) is 0. The molecule has 1 aromatic rings. The molecule has 0 bridgehead atoms. The van der Waals surface area contributed by atoms with Crippen molar-refractivity contribution < 1.29 is 9.53 Å². The number of ether oxygens (including phenoxy) is 1. The molecule has 0 saturated carbocycles. The number of carbonyl (C=O) groups excluding carboxylic acids is 1. The number of ketones is 1. The molecule has 0 fully saturated rings. The number of benzene rings is 1. The van der Waals surface area contributed by atoms with Crippen LogP contribution < -0.4 is 4.74 Å². The Morgan fingerprint density at radius 2 is 1.82 bits per heavy atom. The van der Waals surface area contributed by atoms with Crippen molar-refractivity contribution in [1.29, 1.82) is 5.41 Å². The summed E-state index contributed by atoms with van der Waals surface area (Å²) in [6, 6.07) is 6.53. The highest BCUT2D eigenvalue weighted by Gasteiger charge is 2.28. The van der Waals surface area contributed by atoms with Crippen molar-refractivity contribution in [3.05, 3.63) is 29.8 Å². The van der Waals surface area contributed by atoms with Gasteiger partial charge in [0.25, 0.3) is 0 Å². The van der Waals surface area contributed by atoms with Gasteiger partial charge in [-0.1, -0.05) is 34.8 Å². The molecule has 0 aliphatic heterocycles. The second kappa shape index (κ2) is 5.71. The van der Waals surface area contributed by atoms with Gasteiger partial charge in [-0.05, 0) is 24.3 Å². The number of rotatable bonds is 4. The van der Waals surface area contributed by atoms with E-state index in [0.717, 1.165) is 0 Å². The Bertz CT molecular complexity index is 423. The number of Topliss-reactive ketones (excluding diaryl/α,β-unsaturated/α-hetero) is 1. The van der Waals surface area contributed by atoms with Gasteiger partial charge in [-0.2, -0.15) is 0 Å². The standard InChI is InChI=1S/C11H10Cl3NO2/c1-17-8-4-2-7(3-5-8)9(16)6-10(15)11(12,13)14/h2-5,15H,6H2,1H3. The van der Waals surface area contributed by atoms with Gasteiger partial charge < -0.3 is 10.1 Å². The third kappa shape index (κ3) is 4.19. The normalized spacial score (nSPS) is 11.1. The molecule has 0 saturated heterocycles. The van der Waals surface area contributed by atoms with Gasteiger partial charge in [-0.25, -0.2) is 0 Å². The highest BCUT2D eigenvalue weighted by molar-refractivity contribution is 6.77. The molecule has 0 radical (unpaired) electrons. The average Bonchev–Trinajstić information content (AvgIpc) is 2.27. The summed E-state index contributed by atoms with van der Waals surface area (Å²) in [5.41, 5.74) is 0.202. The van der Waals surface area contributed by atoms with E-state index in [1.54, 1.807) is 24.3 Å². The first-order valence-corrected chi connectivity index (χ1v) is 5.80. The van der Waals surface area contributed by atoms with Crippen molar-refractivity contribution in [2.45, 2.75) is 10.2 Å². The Morgan fingerprint density at radius 1 is 1.29 bits per heavy atom. The smallest absolute Gasteiger partial charge is 0.228 e. The van der Waals surface area contributed by atoms with Crippen LogP contribution in [0.5, 0.6) is 5.75 Å². The molecule has 0 heterocycles. The molecular weight excluding hydrogens is 284 g/mol. The van der Waals surface area contributed by atoms with Crippen molar-refractivity contribution in [3.63, 3.8) is 0 Å². The zero-order valence-electron chi connectivity index (χ0n) is 8.97. The lowest BCUT2D eigenvalue weighted by Gasteiger charge is -2.11. The molecule has 3 nitrogen and oxygen atoms in total. The number of methoxy groups -OCH3 is 1. The molecule has 1 rings (SSSR count). The Hall–Kier alpha value is -0.770. The second-order valence-electron chi connectivity index (χ2n) is 3.30. The van der Waals surface area contributed by atoms with Crippen LogP contribution in [0.15, 0.2) is 24.3 Å². The maximum atomic E-state index is 11.7. The van der Waals surface area contributed by atoms with Crippen LogP contribution in [-0.4, -0.2) is 22.4 Å². The maximum absolute atomic E-state index is 11.7. The first kappa shape index (κ1) is 14.3. The van der Waals surface area contributed by atoms with E-state index < -0.39 is 3.79 Å². The van der Waals surface area contributed by atoms with Crippen LogP contribution in [0.3, 0.4) is 0 Å². The van der Waals surface area contributed by atoms with E-state index in [4.69, 9.17) is 44.9 Å². The second-order valence-corrected chi connectivity index (χ2v) is 5.59. The average molecular weight is 295 g/mol. The molecule has 92 valence electrons. The van der Waals surface area contributed by atoms with Crippen LogP contribution in [0.1, 0.15) is 16.8 Å². The molecule has 1 N–H and O–H groups in total. The zero-order valence-corrected chi connectivity index (χ0v) is 11.2. The van der Waals surface area contributed by atoms with Gasteiger partial charge in [0.05, 0.1) is 19.2 Å². The lowest BCUT2D eigenvalue weighted by Crippen LogP contribution is -2.21. The molecule has 1 aromatic carbocycles. The first-order valence-electron chi connectivity index (χ1n) is 4.66. The van der Waals surface area contributed by atoms with Crippen LogP contribution in [0.25, 0.3) is 0 Å². The predicted octanol–water partition coefficient (Wildman–Crippen LogP) is 3.66. The number of nitrogens with one attached hydrogen (secondary N) is 1. The van der Waals surface area contributed by atoms with E-state index in [1.807, 2.05) is 0 Å². The van der Waals surface area contributed by atoms with Gasteiger partial charge in [0.15, 0.2) is 5.78 Å². The lowest BCUT2D eigenvalue weighted by molar-refractivity contribution is 0.1000. The summed E-state index contributed by atoms with van der Waals surface area (Å²) in [5, 5.41) is 7.46. The minimum atomic E-state index is -1.83. The lowest BCUT2D eigenvalue weighted by atomic mass is 10.1. The molecular formula is C11H10Cl3NO2. The molecule has 0 unspecified atom stereocenters. The van der Waals surface area contributed by atoms with E-state index in [9.17, 15) is 4.79 Å². The molecule has 0 aliphatic rings. The van der Waals surface area contributed by atoms with Crippen molar-refractivity contribution in [1.82, 2.24) is 0 Å². The Balaban J connectivity index is 2.73. The highest BCUT2D eigenvalue weighted by atomic mass is 35.6. The van der Waals surface area contributed by atoms with E-state index in [1.165, 1.54) is 7.11 Å². The quantitative estimate of drug-likeness (QED) is 0.523. The summed E-state index contributed by atoms with van der Waals surface area (Å²) in [6.07, 6.45) is -0.219. The van der Waals surface area contributed by atoms with Crippen molar-refractivity contribution in [2.24, 2.45) is 0 Å². The molecule has 0 atom stereocenters. The van der Waals surface area contributed by atoms with E-state index in [2.05, 4.69) is 0 Å². The zero-order chi connectivity index (χ0) is 13.1. The van der Waals surface area contributed by atoms with Crippen LogP contribution in [-0.2, 0) is 0 Å². The van der Waals surface area contributed by atoms with Crippen LogP contribution in [0, 0.1) is 5.41 Å². The number of halogens is 3. The van der Waals surface area contributed by atoms with Gasteiger partial charge in [0.1, 0.15) is 5.75 Å². The molecule has 0 spiro atoms. The summed E-state index contributed by atoms with van der Waals surface area (Å²) in [4.78, 5) is 11.7. The summed E-state index contributed by atoms with van der Waals surface area (Å²) in [5.74, 6) is 0.377. The summed E-state index contributed by atoms with van der Waals surface area (Å²) < 4.78 is 3.14. The fourth-order valence-corrected chi connectivity index (χ4v) is 1.34. The molecule has 6 heteroatoms. The van der Waals surface area contributed by atoms with Gasteiger partial charge in [0.2, 0.25) is 3.79 Å². The number of carbonyl (C=O) groups is 1. The Labute approximate surface area is 114 Å². The van der Waals surface area contributed by atoms with Crippen LogP contribution >= 0.6 is 34.8 Å². The fraction of sp³-hybridized carbons (Fsp3) is 0.273. The number of alkyl halides is 3. The minimum absolute atomic E-state index is 0.219. The first-order chi connectivity index (χ1) is 7.84. The highest BCUT2D eigenvalue weighted by Crippen LogP contribution is 2.29. The summed E-state index contributed by atoms with van der Waals surface area (Å²) >= 11 is 16.5. The van der Waals surface area contributed by atoms with Gasteiger partial charge in [-0.15, -0.1) is 0 Å². The topological polar surface area (TPSA) is 50.2 Å². The third-order valence-electron chi connectivity index (χ3n) is 2.09. The maximum Gasteiger partial charge on any atom is 0.228 e. The van der Waals surface area contributed by atoms with Gasteiger partial charge in [0, 0.05) is 5.56 Å².